The first-order valence-corrected chi connectivity index (χ1v) is 6.22. The van der Waals surface area contributed by atoms with Crippen LogP contribution in [0.2, 0.25) is 0 Å². The molecule has 0 unspecified atom stereocenters. The normalized spacial score (nSPS) is 11.3. The van der Waals surface area contributed by atoms with Crippen molar-refractivity contribution >= 4 is 17.8 Å². The summed E-state index contributed by atoms with van der Waals surface area (Å²) in [6, 6.07) is 4.60. The Morgan fingerprint density at radius 3 is 2.29 bits per heavy atom. The maximum atomic E-state index is 12.0. The number of carbonyl (C=O) groups excluding carboxylic acids is 3. The van der Waals surface area contributed by atoms with Crippen molar-refractivity contribution in [3.05, 3.63) is 29.8 Å². The Labute approximate surface area is 121 Å². The Bertz CT molecular complexity index is 511. The van der Waals surface area contributed by atoms with E-state index in [4.69, 9.17) is 5.11 Å². The molecule has 1 atom stereocenters. The highest BCUT2D eigenvalue weighted by atomic mass is 16.5. The van der Waals surface area contributed by atoms with Crippen LogP contribution >= 0.6 is 0 Å². The number of amides is 1. The average molecular weight is 295 g/mol. The summed E-state index contributed by atoms with van der Waals surface area (Å²) < 4.78 is 9.07. The van der Waals surface area contributed by atoms with Crippen LogP contribution in [0.15, 0.2) is 24.3 Å². The SMILES string of the molecule is COC(=O)CC[C@@H](NC(=O)c1ccc(O)cc1)C(=O)OC. The Kier molecular flexibility index (Phi) is 6.19. The number of methoxy groups -OCH3 is 2. The van der Waals surface area contributed by atoms with Crippen LogP contribution in [-0.2, 0) is 19.1 Å². The zero-order chi connectivity index (χ0) is 15.8. The van der Waals surface area contributed by atoms with Gasteiger partial charge in [-0.3, -0.25) is 9.59 Å². The molecule has 0 heterocycles. The molecule has 0 radical (unpaired) electrons. The predicted molar refractivity (Wildman–Crippen MR) is 72.6 cm³/mol. The molecule has 2 N–H and O–H groups in total. The van der Waals surface area contributed by atoms with Gasteiger partial charge in [0, 0.05) is 12.0 Å². The molecule has 0 saturated heterocycles. The average Bonchev–Trinajstić information content (AvgIpc) is 2.50. The molecular weight excluding hydrogens is 278 g/mol. The molecule has 0 saturated carbocycles. The molecule has 0 aliphatic carbocycles. The predicted octanol–water partition coefficient (Wildman–Crippen LogP) is 0.617. The third-order valence-corrected chi connectivity index (χ3v) is 2.79. The molecule has 0 aliphatic rings. The van der Waals surface area contributed by atoms with Crippen molar-refractivity contribution < 1.29 is 29.0 Å². The van der Waals surface area contributed by atoms with Gasteiger partial charge in [-0.2, -0.15) is 0 Å². The topological polar surface area (TPSA) is 102 Å². The van der Waals surface area contributed by atoms with E-state index in [1.54, 1.807) is 0 Å². The molecule has 0 spiro atoms. The minimum atomic E-state index is -0.949. The summed E-state index contributed by atoms with van der Waals surface area (Å²) in [5, 5.41) is 11.6. The lowest BCUT2D eigenvalue weighted by Crippen LogP contribution is -2.41. The second-order valence-corrected chi connectivity index (χ2v) is 4.21. The summed E-state index contributed by atoms with van der Waals surface area (Å²) in [5.41, 5.74) is 0.278. The number of hydrogen-bond acceptors (Lipinski definition) is 6. The smallest absolute Gasteiger partial charge is 0.328 e. The van der Waals surface area contributed by atoms with Gasteiger partial charge in [-0.05, 0) is 30.7 Å². The van der Waals surface area contributed by atoms with E-state index >= 15 is 0 Å². The fourth-order valence-electron chi connectivity index (χ4n) is 1.61. The summed E-state index contributed by atoms with van der Waals surface area (Å²) in [6.45, 7) is 0. The van der Waals surface area contributed by atoms with Gasteiger partial charge in [0.15, 0.2) is 0 Å². The van der Waals surface area contributed by atoms with Crippen molar-refractivity contribution in [1.82, 2.24) is 5.32 Å². The minimum Gasteiger partial charge on any atom is -0.508 e. The molecule has 7 heteroatoms. The van der Waals surface area contributed by atoms with Gasteiger partial charge in [-0.25, -0.2) is 4.79 Å². The fourth-order valence-corrected chi connectivity index (χ4v) is 1.61. The molecule has 0 fully saturated rings. The summed E-state index contributed by atoms with van der Waals surface area (Å²) >= 11 is 0. The highest BCUT2D eigenvalue weighted by molar-refractivity contribution is 5.96. The van der Waals surface area contributed by atoms with Gasteiger partial charge in [-0.15, -0.1) is 0 Å². The highest BCUT2D eigenvalue weighted by Gasteiger charge is 2.23. The second kappa shape index (κ2) is 7.88. The van der Waals surface area contributed by atoms with E-state index in [-0.39, 0.29) is 24.2 Å². The van der Waals surface area contributed by atoms with Gasteiger partial charge in [0.1, 0.15) is 11.8 Å². The van der Waals surface area contributed by atoms with E-state index < -0.39 is 23.9 Å². The van der Waals surface area contributed by atoms with E-state index in [2.05, 4.69) is 14.8 Å². The van der Waals surface area contributed by atoms with E-state index in [1.165, 1.54) is 38.5 Å². The number of esters is 2. The van der Waals surface area contributed by atoms with Crippen LogP contribution in [0.1, 0.15) is 23.2 Å². The van der Waals surface area contributed by atoms with Crippen molar-refractivity contribution in [3.8, 4) is 5.75 Å². The van der Waals surface area contributed by atoms with Crippen LogP contribution in [0.4, 0.5) is 0 Å². The Morgan fingerprint density at radius 2 is 1.76 bits per heavy atom. The quantitative estimate of drug-likeness (QED) is 0.746. The summed E-state index contributed by atoms with van der Waals surface area (Å²) in [5.74, 6) is -1.61. The standard InChI is InChI=1S/C14H17NO6/c1-20-12(17)8-7-11(14(19)21-2)15-13(18)9-3-5-10(16)6-4-9/h3-6,11,16H,7-8H2,1-2H3,(H,15,18)/t11-/m1/s1. The summed E-state index contributed by atoms with van der Waals surface area (Å²) in [4.78, 5) is 34.7. The van der Waals surface area contributed by atoms with Gasteiger partial charge in [0.25, 0.3) is 5.91 Å². The number of phenols is 1. The first kappa shape index (κ1) is 16.5. The van der Waals surface area contributed by atoms with Gasteiger partial charge in [0.2, 0.25) is 0 Å². The lowest BCUT2D eigenvalue weighted by Gasteiger charge is -2.16. The molecule has 1 amide bonds. The van der Waals surface area contributed by atoms with Crippen LogP contribution in [-0.4, -0.2) is 43.2 Å². The summed E-state index contributed by atoms with van der Waals surface area (Å²) in [7, 11) is 2.44. The summed E-state index contributed by atoms with van der Waals surface area (Å²) in [6.07, 6.45) is 0.0509. The third-order valence-electron chi connectivity index (χ3n) is 2.79. The van der Waals surface area contributed by atoms with Crippen molar-refractivity contribution in [1.29, 1.82) is 0 Å². The number of ether oxygens (including phenoxy) is 2. The maximum Gasteiger partial charge on any atom is 0.328 e. The lowest BCUT2D eigenvalue weighted by atomic mass is 10.1. The number of nitrogens with one attached hydrogen (secondary N) is 1. The Balaban J connectivity index is 2.71. The van der Waals surface area contributed by atoms with Crippen molar-refractivity contribution in [3.63, 3.8) is 0 Å². The molecular formula is C14H17NO6. The molecule has 1 aromatic carbocycles. The number of rotatable bonds is 6. The first-order chi connectivity index (χ1) is 9.97. The van der Waals surface area contributed by atoms with Gasteiger partial charge >= 0.3 is 11.9 Å². The van der Waals surface area contributed by atoms with Crippen LogP contribution in [0.3, 0.4) is 0 Å². The van der Waals surface area contributed by atoms with E-state index in [1.807, 2.05) is 0 Å². The lowest BCUT2D eigenvalue weighted by molar-refractivity contribution is -0.144. The second-order valence-electron chi connectivity index (χ2n) is 4.21. The highest BCUT2D eigenvalue weighted by Crippen LogP contribution is 2.10. The molecule has 0 bridgehead atoms. The van der Waals surface area contributed by atoms with Gasteiger partial charge < -0.3 is 19.9 Å². The Hall–Kier alpha value is -2.57. The molecule has 21 heavy (non-hydrogen) atoms. The van der Waals surface area contributed by atoms with Crippen LogP contribution in [0.25, 0.3) is 0 Å². The molecule has 0 aromatic heterocycles. The van der Waals surface area contributed by atoms with Crippen molar-refractivity contribution in [2.45, 2.75) is 18.9 Å². The maximum absolute atomic E-state index is 12.0. The number of aromatic hydroxyl groups is 1. The van der Waals surface area contributed by atoms with Gasteiger partial charge in [-0.1, -0.05) is 0 Å². The van der Waals surface area contributed by atoms with E-state index in [0.29, 0.717) is 0 Å². The molecule has 0 aliphatic heterocycles. The van der Waals surface area contributed by atoms with Crippen LogP contribution in [0.5, 0.6) is 5.75 Å². The number of hydrogen-bond donors (Lipinski definition) is 2. The van der Waals surface area contributed by atoms with Crippen LogP contribution < -0.4 is 5.32 Å². The van der Waals surface area contributed by atoms with Crippen molar-refractivity contribution in [2.75, 3.05) is 14.2 Å². The number of carbonyl (C=O) groups is 3. The zero-order valence-electron chi connectivity index (χ0n) is 11.8. The van der Waals surface area contributed by atoms with Crippen molar-refractivity contribution in [2.24, 2.45) is 0 Å². The molecule has 1 aromatic rings. The van der Waals surface area contributed by atoms with Crippen LogP contribution in [0, 0.1) is 0 Å². The number of benzene rings is 1. The minimum absolute atomic E-state index is 0.0217. The molecule has 114 valence electrons. The van der Waals surface area contributed by atoms with E-state index in [9.17, 15) is 14.4 Å². The monoisotopic (exact) mass is 295 g/mol. The fraction of sp³-hybridized carbons (Fsp3) is 0.357. The van der Waals surface area contributed by atoms with E-state index in [0.717, 1.165) is 0 Å². The van der Waals surface area contributed by atoms with Gasteiger partial charge in [0.05, 0.1) is 14.2 Å². The number of phenolic OH excluding ortho intramolecular Hbond substituents is 1. The zero-order valence-corrected chi connectivity index (χ0v) is 11.8. The third kappa shape index (κ3) is 5.13. The molecule has 1 rings (SSSR count). The Morgan fingerprint density at radius 1 is 1.14 bits per heavy atom. The largest absolute Gasteiger partial charge is 0.508 e. The first-order valence-electron chi connectivity index (χ1n) is 6.22. The molecule has 7 nitrogen and oxygen atoms in total.